The number of rotatable bonds is 7. The number of aryl methyl sites for hydroxylation is 1. The normalized spacial score (nSPS) is 10.9. The minimum Gasteiger partial charge on any atom is -0.494 e. The van der Waals surface area contributed by atoms with E-state index in [2.05, 4.69) is 5.32 Å². The highest BCUT2D eigenvalue weighted by Crippen LogP contribution is 2.12. The molecule has 5 nitrogen and oxygen atoms in total. The number of aliphatic carboxylic acids is 1. The summed E-state index contributed by atoms with van der Waals surface area (Å²) in [6.07, 6.45) is 0.776. The van der Waals surface area contributed by atoms with Crippen molar-refractivity contribution in [3.8, 4) is 5.75 Å². The van der Waals surface area contributed by atoms with Crippen LogP contribution >= 0.6 is 0 Å². The molecule has 110 valence electrons. The van der Waals surface area contributed by atoms with Crippen molar-refractivity contribution in [3.63, 3.8) is 0 Å². The maximum atomic E-state index is 11.6. The van der Waals surface area contributed by atoms with Crippen molar-refractivity contribution in [3.05, 3.63) is 29.8 Å². The minimum atomic E-state index is -1.24. The van der Waals surface area contributed by atoms with E-state index in [-0.39, 0.29) is 12.3 Å². The smallest absolute Gasteiger partial charge is 0.328 e. The van der Waals surface area contributed by atoms with Crippen LogP contribution in [0.2, 0.25) is 0 Å². The van der Waals surface area contributed by atoms with E-state index in [1.54, 1.807) is 0 Å². The molecule has 0 radical (unpaired) electrons. The Labute approximate surface area is 118 Å². The molecular weight excluding hydrogens is 258 g/mol. The third-order valence-corrected chi connectivity index (χ3v) is 2.82. The van der Waals surface area contributed by atoms with Crippen LogP contribution in [0.15, 0.2) is 24.3 Å². The number of hydrogen-bond donors (Lipinski definition) is 2. The zero-order chi connectivity index (χ0) is 15.2. The fourth-order valence-electron chi connectivity index (χ4n) is 1.52. The number of amides is 1. The van der Waals surface area contributed by atoms with Gasteiger partial charge in [0.1, 0.15) is 11.3 Å². The second-order valence-electron chi connectivity index (χ2n) is 5.24. The Hall–Kier alpha value is -2.04. The van der Waals surface area contributed by atoms with E-state index in [9.17, 15) is 9.59 Å². The average molecular weight is 279 g/mol. The second-order valence-corrected chi connectivity index (χ2v) is 5.24. The summed E-state index contributed by atoms with van der Waals surface area (Å²) in [5.41, 5.74) is -0.0813. The summed E-state index contributed by atoms with van der Waals surface area (Å²) in [4.78, 5) is 22.4. The molecule has 20 heavy (non-hydrogen) atoms. The van der Waals surface area contributed by atoms with Gasteiger partial charge in [-0.15, -0.1) is 0 Å². The molecule has 2 N–H and O–H groups in total. The van der Waals surface area contributed by atoms with Crippen LogP contribution in [-0.2, 0) is 9.59 Å². The van der Waals surface area contributed by atoms with Crippen LogP contribution in [0.25, 0.3) is 0 Å². The van der Waals surface area contributed by atoms with Gasteiger partial charge in [0.15, 0.2) is 0 Å². The van der Waals surface area contributed by atoms with Gasteiger partial charge in [-0.05, 0) is 39.3 Å². The van der Waals surface area contributed by atoms with E-state index in [1.165, 1.54) is 13.8 Å². The summed E-state index contributed by atoms with van der Waals surface area (Å²) in [5, 5.41) is 11.4. The van der Waals surface area contributed by atoms with Crippen LogP contribution < -0.4 is 10.1 Å². The predicted octanol–water partition coefficient (Wildman–Crippen LogP) is 2.13. The predicted molar refractivity (Wildman–Crippen MR) is 75.8 cm³/mol. The first-order chi connectivity index (χ1) is 9.31. The highest BCUT2D eigenvalue weighted by molar-refractivity contribution is 5.86. The summed E-state index contributed by atoms with van der Waals surface area (Å²) < 4.78 is 5.49. The van der Waals surface area contributed by atoms with Crippen LogP contribution in [-0.4, -0.2) is 29.1 Å². The van der Waals surface area contributed by atoms with Crippen LogP contribution in [0.3, 0.4) is 0 Å². The van der Waals surface area contributed by atoms with Crippen LogP contribution in [0, 0.1) is 6.92 Å². The molecule has 0 aliphatic carbocycles. The molecular formula is C15H21NO4. The summed E-state index contributed by atoms with van der Waals surface area (Å²) in [5.74, 6) is -0.575. The van der Waals surface area contributed by atoms with Gasteiger partial charge in [-0.25, -0.2) is 4.79 Å². The molecule has 1 aromatic rings. The lowest BCUT2D eigenvalue weighted by atomic mass is 10.1. The SMILES string of the molecule is Cc1ccc(OCCCC(=O)NC(C)(C)C(=O)O)cc1. The molecule has 0 heterocycles. The minimum absolute atomic E-state index is 0.239. The monoisotopic (exact) mass is 279 g/mol. The molecule has 0 saturated heterocycles. The largest absolute Gasteiger partial charge is 0.494 e. The number of hydrogen-bond acceptors (Lipinski definition) is 3. The van der Waals surface area contributed by atoms with Crippen molar-refractivity contribution in [1.82, 2.24) is 5.32 Å². The van der Waals surface area contributed by atoms with E-state index in [0.717, 1.165) is 11.3 Å². The molecule has 1 amide bonds. The zero-order valence-corrected chi connectivity index (χ0v) is 12.1. The van der Waals surface area contributed by atoms with Crippen molar-refractivity contribution < 1.29 is 19.4 Å². The second kappa shape index (κ2) is 6.93. The average Bonchev–Trinajstić information content (AvgIpc) is 2.36. The van der Waals surface area contributed by atoms with E-state index in [0.29, 0.717) is 13.0 Å². The van der Waals surface area contributed by atoms with E-state index in [4.69, 9.17) is 9.84 Å². The molecule has 1 aromatic carbocycles. The standard InChI is InChI=1S/C15H21NO4/c1-11-6-8-12(9-7-11)20-10-4-5-13(17)16-15(2,3)14(18)19/h6-9H,4-5,10H2,1-3H3,(H,16,17)(H,18,19). The maximum absolute atomic E-state index is 11.6. The fraction of sp³-hybridized carbons (Fsp3) is 0.467. The van der Waals surface area contributed by atoms with Crippen molar-refractivity contribution >= 4 is 11.9 Å². The first-order valence-corrected chi connectivity index (χ1v) is 6.55. The molecule has 0 aromatic heterocycles. The molecule has 5 heteroatoms. The van der Waals surface area contributed by atoms with Gasteiger partial charge in [0.2, 0.25) is 5.91 Å². The lowest BCUT2D eigenvalue weighted by Gasteiger charge is -2.20. The lowest BCUT2D eigenvalue weighted by molar-refractivity contribution is -0.146. The van der Waals surface area contributed by atoms with Crippen LogP contribution in [0.5, 0.6) is 5.75 Å². The van der Waals surface area contributed by atoms with Gasteiger partial charge in [0, 0.05) is 6.42 Å². The van der Waals surface area contributed by atoms with Gasteiger partial charge < -0.3 is 15.2 Å². The van der Waals surface area contributed by atoms with Gasteiger partial charge in [-0.3, -0.25) is 4.79 Å². The number of nitrogens with one attached hydrogen (secondary N) is 1. The fourth-order valence-corrected chi connectivity index (χ4v) is 1.52. The summed E-state index contributed by atoms with van der Waals surface area (Å²) in [6.45, 7) is 5.33. The van der Waals surface area contributed by atoms with Gasteiger partial charge in [-0.2, -0.15) is 0 Å². The van der Waals surface area contributed by atoms with Crippen LogP contribution in [0.4, 0.5) is 0 Å². The Morgan fingerprint density at radius 1 is 1.25 bits per heavy atom. The summed E-state index contributed by atoms with van der Waals surface area (Å²) in [7, 11) is 0. The van der Waals surface area contributed by atoms with Gasteiger partial charge in [0.25, 0.3) is 0 Å². The Balaban J connectivity index is 2.26. The lowest BCUT2D eigenvalue weighted by Crippen LogP contribution is -2.49. The van der Waals surface area contributed by atoms with Crippen molar-refractivity contribution in [2.75, 3.05) is 6.61 Å². The maximum Gasteiger partial charge on any atom is 0.328 e. The first-order valence-electron chi connectivity index (χ1n) is 6.55. The van der Waals surface area contributed by atoms with E-state index < -0.39 is 11.5 Å². The summed E-state index contributed by atoms with van der Waals surface area (Å²) >= 11 is 0. The zero-order valence-electron chi connectivity index (χ0n) is 12.1. The summed E-state index contributed by atoms with van der Waals surface area (Å²) in [6, 6.07) is 7.67. The highest BCUT2D eigenvalue weighted by Gasteiger charge is 2.28. The number of carboxylic acid groups (broad SMARTS) is 1. The number of carbonyl (C=O) groups excluding carboxylic acids is 1. The molecule has 0 atom stereocenters. The number of benzene rings is 1. The first kappa shape index (κ1) is 16.0. The topological polar surface area (TPSA) is 75.6 Å². The number of ether oxygens (including phenoxy) is 1. The molecule has 0 spiro atoms. The Kier molecular flexibility index (Phi) is 5.55. The Morgan fingerprint density at radius 3 is 2.40 bits per heavy atom. The molecule has 0 aliphatic heterocycles. The number of carbonyl (C=O) groups is 2. The third-order valence-electron chi connectivity index (χ3n) is 2.82. The molecule has 1 rings (SSSR count). The highest BCUT2D eigenvalue weighted by atomic mass is 16.5. The van der Waals surface area contributed by atoms with Crippen molar-refractivity contribution in [1.29, 1.82) is 0 Å². The van der Waals surface area contributed by atoms with Crippen molar-refractivity contribution in [2.45, 2.75) is 39.2 Å². The Bertz CT molecular complexity index is 465. The quantitative estimate of drug-likeness (QED) is 0.750. The van der Waals surface area contributed by atoms with Gasteiger partial charge in [-0.1, -0.05) is 17.7 Å². The van der Waals surface area contributed by atoms with Gasteiger partial charge in [0.05, 0.1) is 6.61 Å². The Morgan fingerprint density at radius 2 is 1.85 bits per heavy atom. The molecule has 0 saturated carbocycles. The molecule has 0 fully saturated rings. The molecule has 0 bridgehead atoms. The third kappa shape index (κ3) is 5.30. The molecule has 0 aliphatic rings. The number of carboxylic acids is 1. The van der Waals surface area contributed by atoms with Crippen molar-refractivity contribution in [2.24, 2.45) is 0 Å². The van der Waals surface area contributed by atoms with Crippen LogP contribution in [0.1, 0.15) is 32.3 Å². The molecule has 0 unspecified atom stereocenters. The van der Waals surface area contributed by atoms with E-state index >= 15 is 0 Å². The van der Waals surface area contributed by atoms with E-state index in [1.807, 2.05) is 31.2 Å². The van der Waals surface area contributed by atoms with Gasteiger partial charge >= 0.3 is 5.97 Å².